The van der Waals surface area contributed by atoms with Gasteiger partial charge in [-0.1, -0.05) is 12.1 Å². The molecule has 92 valence electrons. The van der Waals surface area contributed by atoms with Gasteiger partial charge < -0.3 is 14.3 Å². The normalized spacial score (nSPS) is 11.1. The number of imidazole rings is 1. The molecular weight excluding hydrogens is 226 g/mol. The van der Waals surface area contributed by atoms with E-state index in [4.69, 9.17) is 4.42 Å². The van der Waals surface area contributed by atoms with Gasteiger partial charge in [0.05, 0.1) is 29.9 Å². The van der Waals surface area contributed by atoms with Gasteiger partial charge in [0.25, 0.3) is 0 Å². The van der Waals surface area contributed by atoms with Crippen molar-refractivity contribution in [1.29, 1.82) is 0 Å². The standard InChI is InChI=1S/C14H15N3O/c1-2-4-14-13(3-1)16-11-17(14)7-6-15-9-12-5-8-18-10-12/h1-5,8,10-11,15H,6-7,9H2. The Balaban J connectivity index is 1.57. The maximum atomic E-state index is 5.02. The highest BCUT2D eigenvalue weighted by Crippen LogP contribution is 2.11. The Morgan fingerprint density at radius 3 is 3.06 bits per heavy atom. The number of nitrogens with zero attached hydrogens (tertiary/aromatic N) is 2. The minimum absolute atomic E-state index is 0.836. The van der Waals surface area contributed by atoms with E-state index in [-0.39, 0.29) is 0 Å². The topological polar surface area (TPSA) is 43.0 Å². The number of benzene rings is 1. The molecule has 2 aromatic heterocycles. The summed E-state index contributed by atoms with van der Waals surface area (Å²) < 4.78 is 7.18. The third-order valence-electron chi connectivity index (χ3n) is 2.97. The lowest BCUT2D eigenvalue weighted by Crippen LogP contribution is -2.18. The van der Waals surface area contributed by atoms with Gasteiger partial charge in [-0.3, -0.25) is 0 Å². The summed E-state index contributed by atoms with van der Waals surface area (Å²) in [7, 11) is 0. The fourth-order valence-corrected chi connectivity index (χ4v) is 2.01. The Morgan fingerprint density at radius 1 is 1.22 bits per heavy atom. The molecule has 0 aliphatic heterocycles. The molecule has 0 radical (unpaired) electrons. The highest BCUT2D eigenvalue weighted by atomic mass is 16.3. The van der Waals surface area contributed by atoms with Crippen molar-refractivity contribution in [2.45, 2.75) is 13.1 Å². The molecule has 0 aliphatic carbocycles. The minimum Gasteiger partial charge on any atom is -0.472 e. The van der Waals surface area contributed by atoms with Crippen LogP contribution in [0.1, 0.15) is 5.56 Å². The van der Waals surface area contributed by atoms with Gasteiger partial charge in [-0.2, -0.15) is 0 Å². The van der Waals surface area contributed by atoms with Crippen molar-refractivity contribution in [2.24, 2.45) is 0 Å². The fourth-order valence-electron chi connectivity index (χ4n) is 2.01. The van der Waals surface area contributed by atoms with Crippen LogP contribution in [0.5, 0.6) is 0 Å². The van der Waals surface area contributed by atoms with Crippen molar-refractivity contribution in [3.05, 3.63) is 54.7 Å². The van der Waals surface area contributed by atoms with Gasteiger partial charge >= 0.3 is 0 Å². The van der Waals surface area contributed by atoms with Crippen molar-refractivity contribution >= 4 is 11.0 Å². The predicted molar refractivity (Wildman–Crippen MR) is 70.1 cm³/mol. The van der Waals surface area contributed by atoms with Crippen LogP contribution < -0.4 is 5.32 Å². The van der Waals surface area contributed by atoms with E-state index < -0.39 is 0 Å². The van der Waals surface area contributed by atoms with E-state index in [0.717, 1.165) is 25.2 Å². The van der Waals surface area contributed by atoms with E-state index in [1.54, 1.807) is 12.5 Å². The van der Waals surface area contributed by atoms with Crippen LogP contribution in [0, 0.1) is 0 Å². The van der Waals surface area contributed by atoms with E-state index in [0.29, 0.717) is 0 Å². The van der Waals surface area contributed by atoms with Crippen LogP contribution in [0.4, 0.5) is 0 Å². The summed E-state index contributed by atoms with van der Waals surface area (Å²) in [5.41, 5.74) is 3.40. The molecule has 0 spiro atoms. The van der Waals surface area contributed by atoms with Crippen LogP contribution in [-0.2, 0) is 13.1 Å². The Hall–Kier alpha value is -2.07. The number of rotatable bonds is 5. The largest absolute Gasteiger partial charge is 0.472 e. The molecule has 0 saturated heterocycles. The molecule has 0 fully saturated rings. The first-order valence-electron chi connectivity index (χ1n) is 6.05. The molecule has 0 unspecified atom stereocenters. The highest BCUT2D eigenvalue weighted by Gasteiger charge is 2.00. The molecule has 4 nitrogen and oxygen atoms in total. The minimum atomic E-state index is 0.836. The second-order valence-electron chi connectivity index (χ2n) is 4.24. The lowest BCUT2D eigenvalue weighted by molar-refractivity contribution is 0.557. The molecule has 2 heterocycles. The molecular formula is C14H15N3O. The molecule has 3 rings (SSSR count). The van der Waals surface area contributed by atoms with Crippen molar-refractivity contribution in [1.82, 2.24) is 14.9 Å². The quantitative estimate of drug-likeness (QED) is 0.698. The number of hydrogen-bond donors (Lipinski definition) is 1. The molecule has 1 N–H and O–H groups in total. The molecule has 18 heavy (non-hydrogen) atoms. The Morgan fingerprint density at radius 2 is 2.17 bits per heavy atom. The second-order valence-corrected chi connectivity index (χ2v) is 4.24. The van der Waals surface area contributed by atoms with Crippen LogP contribution in [0.3, 0.4) is 0 Å². The summed E-state index contributed by atoms with van der Waals surface area (Å²) in [6.07, 6.45) is 5.35. The number of nitrogens with one attached hydrogen (secondary N) is 1. The maximum Gasteiger partial charge on any atom is 0.0958 e. The van der Waals surface area contributed by atoms with E-state index in [1.807, 2.05) is 30.6 Å². The zero-order valence-corrected chi connectivity index (χ0v) is 10.0. The number of para-hydroxylation sites is 2. The molecule has 0 atom stereocenters. The van der Waals surface area contributed by atoms with Crippen molar-refractivity contribution in [2.75, 3.05) is 6.54 Å². The third-order valence-corrected chi connectivity index (χ3v) is 2.97. The van der Waals surface area contributed by atoms with Crippen LogP contribution >= 0.6 is 0 Å². The first-order chi connectivity index (χ1) is 8.93. The SMILES string of the molecule is c1ccc2c(c1)ncn2CCNCc1ccoc1. The highest BCUT2D eigenvalue weighted by molar-refractivity contribution is 5.74. The Labute approximate surface area is 105 Å². The van der Waals surface area contributed by atoms with Gasteiger partial charge in [0.15, 0.2) is 0 Å². The van der Waals surface area contributed by atoms with Gasteiger partial charge in [0.2, 0.25) is 0 Å². The second kappa shape index (κ2) is 5.06. The first-order valence-corrected chi connectivity index (χ1v) is 6.05. The molecule has 1 aromatic carbocycles. The monoisotopic (exact) mass is 241 g/mol. The first kappa shape index (κ1) is 11.0. The van der Waals surface area contributed by atoms with Gasteiger partial charge in [-0.25, -0.2) is 4.98 Å². The predicted octanol–water partition coefficient (Wildman–Crippen LogP) is 2.42. The van der Waals surface area contributed by atoms with E-state index >= 15 is 0 Å². The summed E-state index contributed by atoms with van der Waals surface area (Å²) >= 11 is 0. The van der Waals surface area contributed by atoms with Crippen molar-refractivity contribution in [3.63, 3.8) is 0 Å². The summed E-state index contributed by atoms with van der Waals surface area (Å²) in [6.45, 7) is 2.66. The lowest BCUT2D eigenvalue weighted by atomic mass is 10.3. The van der Waals surface area contributed by atoms with Crippen molar-refractivity contribution in [3.8, 4) is 0 Å². The van der Waals surface area contributed by atoms with Crippen LogP contribution in [-0.4, -0.2) is 16.1 Å². The van der Waals surface area contributed by atoms with Crippen LogP contribution in [0.25, 0.3) is 11.0 Å². The van der Waals surface area contributed by atoms with Gasteiger partial charge in [0, 0.05) is 25.2 Å². The van der Waals surface area contributed by atoms with Crippen LogP contribution in [0.15, 0.2) is 53.6 Å². The van der Waals surface area contributed by atoms with Crippen molar-refractivity contribution < 1.29 is 4.42 Å². The molecule has 3 aromatic rings. The fraction of sp³-hybridized carbons (Fsp3) is 0.214. The third kappa shape index (κ3) is 2.28. The average Bonchev–Trinajstić information content (AvgIpc) is 3.04. The Kier molecular flexibility index (Phi) is 3.10. The molecule has 4 heteroatoms. The zero-order valence-electron chi connectivity index (χ0n) is 10.0. The van der Waals surface area contributed by atoms with E-state index in [2.05, 4.69) is 20.9 Å². The molecule has 0 aliphatic rings. The summed E-state index contributed by atoms with van der Waals surface area (Å²) in [5, 5.41) is 3.38. The maximum absolute atomic E-state index is 5.02. The number of furan rings is 1. The number of aromatic nitrogens is 2. The Bertz CT molecular complexity index is 613. The lowest BCUT2D eigenvalue weighted by Gasteiger charge is -2.05. The van der Waals surface area contributed by atoms with Crippen LogP contribution in [0.2, 0.25) is 0 Å². The summed E-state index contributed by atoms with van der Waals surface area (Å²) in [5.74, 6) is 0. The number of hydrogen-bond acceptors (Lipinski definition) is 3. The van der Waals surface area contributed by atoms with Gasteiger partial charge in [-0.05, 0) is 18.2 Å². The number of fused-ring (bicyclic) bond motifs is 1. The van der Waals surface area contributed by atoms with Gasteiger partial charge in [-0.15, -0.1) is 0 Å². The molecule has 0 saturated carbocycles. The summed E-state index contributed by atoms with van der Waals surface area (Å²) in [4.78, 5) is 4.37. The molecule has 0 bridgehead atoms. The zero-order chi connectivity index (χ0) is 12.2. The van der Waals surface area contributed by atoms with E-state index in [9.17, 15) is 0 Å². The van der Waals surface area contributed by atoms with E-state index in [1.165, 1.54) is 11.1 Å². The average molecular weight is 241 g/mol. The molecule has 0 amide bonds. The smallest absolute Gasteiger partial charge is 0.0958 e. The van der Waals surface area contributed by atoms with Gasteiger partial charge in [0.1, 0.15) is 0 Å². The summed E-state index contributed by atoms with van der Waals surface area (Å²) in [6, 6.07) is 10.2.